The van der Waals surface area contributed by atoms with Gasteiger partial charge in [-0.25, -0.2) is 0 Å². The summed E-state index contributed by atoms with van der Waals surface area (Å²) in [5, 5.41) is 1.19. The topological polar surface area (TPSA) is 56.4 Å². The molecule has 176 valence electrons. The fraction of sp³-hybridized carbons (Fsp3) is 0.429. The van der Waals surface area contributed by atoms with E-state index in [9.17, 15) is 9.59 Å². The van der Waals surface area contributed by atoms with E-state index in [0.717, 1.165) is 17.5 Å². The molecule has 0 aliphatic heterocycles. The Balaban J connectivity index is 1.81. The summed E-state index contributed by atoms with van der Waals surface area (Å²) in [5.41, 5.74) is 4.05. The lowest BCUT2D eigenvalue weighted by Crippen LogP contribution is -2.49. The van der Waals surface area contributed by atoms with Crippen molar-refractivity contribution in [1.29, 1.82) is 0 Å². The van der Waals surface area contributed by atoms with Crippen LogP contribution in [-0.2, 0) is 22.6 Å². The molecule has 1 heterocycles. The Labute approximate surface area is 197 Å². The number of fused-ring (bicyclic) bond motifs is 1. The first kappa shape index (κ1) is 24.6. The van der Waals surface area contributed by atoms with Gasteiger partial charge in [-0.2, -0.15) is 0 Å². The number of nitrogens with zero attached hydrogens (tertiary/aromatic N) is 2. The van der Waals surface area contributed by atoms with Gasteiger partial charge in [-0.3, -0.25) is 9.59 Å². The molecular formula is C28H37N3O2. The summed E-state index contributed by atoms with van der Waals surface area (Å²) in [6.07, 6.45) is 2.78. The van der Waals surface area contributed by atoms with Crippen molar-refractivity contribution in [1.82, 2.24) is 14.8 Å². The van der Waals surface area contributed by atoms with Crippen molar-refractivity contribution in [3.63, 3.8) is 0 Å². The summed E-state index contributed by atoms with van der Waals surface area (Å²) in [6.45, 7) is 12.9. The monoisotopic (exact) mass is 447 g/mol. The molecule has 0 radical (unpaired) electrons. The van der Waals surface area contributed by atoms with Crippen LogP contribution in [0.15, 0.2) is 54.7 Å². The predicted octanol–water partition coefficient (Wildman–Crippen LogP) is 5.33. The van der Waals surface area contributed by atoms with Crippen LogP contribution in [0.5, 0.6) is 0 Å². The van der Waals surface area contributed by atoms with Crippen LogP contribution in [0.4, 0.5) is 0 Å². The van der Waals surface area contributed by atoms with Gasteiger partial charge in [-0.1, -0.05) is 68.8 Å². The number of carbonyl (C=O) groups is 2. The molecule has 3 rings (SSSR count). The van der Waals surface area contributed by atoms with Crippen molar-refractivity contribution in [2.24, 2.45) is 5.41 Å². The number of aryl methyl sites for hydroxylation is 1. The molecule has 33 heavy (non-hydrogen) atoms. The molecule has 1 aromatic heterocycles. The zero-order valence-corrected chi connectivity index (χ0v) is 20.8. The lowest BCUT2D eigenvalue weighted by atomic mass is 9.94. The van der Waals surface area contributed by atoms with E-state index in [2.05, 4.69) is 48.3 Å². The highest BCUT2D eigenvalue weighted by Gasteiger charge is 2.31. The molecule has 0 aliphatic carbocycles. The first-order chi connectivity index (χ1) is 15.6. The lowest BCUT2D eigenvalue weighted by Gasteiger charge is -2.34. The second-order valence-electron chi connectivity index (χ2n) is 10.2. The number of aromatic amines is 1. The number of carbonyl (C=O) groups excluding carboxylic acids is 2. The standard InChI is InChI=1S/C28H37N3O2/c1-20(2)31(27(33)28(4,5)6)19-26(32)30(18-22-13-11-21(3)12-14-22)16-15-23-17-29-25-10-8-7-9-24(23)25/h7-14,17,20,29H,15-16,18-19H2,1-6H3. The smallest absolute Gasteiger partial charge is 0.242 e. The highest BCUT2D eigenvalue weighted by molar-refractivity contribution is 5.88. The van der Waals surface area contributed by atoms with Gasteiger partial charge in [0.05, 0.1) is 0 Å². The molecule has 2 aromatic carbocycles. The van der Waals surface area contributed by atoms with E-state index < -0.39 is 5.41 Å². The molecule has 5 heteroatoms. The van der Waals surface area contributed by atoms with Gasteiger partial charge in [-0.15, -0.1) is 0 Å². The van der Waals surface area contributed by atoms with Crippen LogP contribution in [0.1, 0.15) is 51.3 Å². The van der Waals surface area contributed by atoms with Crippen molar-refractivity contribution in [2.75, 3.05) is 13.1 Å². The van der Waals surface area contributed by atoms with Gasteiger partial charge in [0, 0.05) is 41.6 Å². The Kier molecular flexibility index (Phi) is 7.62. The van der Waals surface area contributed by atoms with Gasteiger partial charge >= 0.3 is 0 Å². The zero-order valence-electron chi connectivity index (χ0n) is 20.8. The highest BCUT2D eigenvalue weighted by atomic mass is 16.2. The molecule has 0 bridgehead atoms. The number of benzene rings is 2. The van der Waals surface area contributed by atoms with Crippen molar-refractivity contribution in [2.45, 2.75) is 60.5 Å². The first-order valence-electron chi connectivity index (χ1n) is 11.8. The van der Waals surface area contributed by atoms with Crippen LogP contribution >= 0.6 is 0 Å². The van der Waals surface area contributed by atoms with Gasteiger partial charge in [0.1, 0.15) is 6.54 Å². The van der Waals surface area contributed by atoms with Crippen LogP contribution in [0.25, 0.3) is 10.9 Å². The SMILES string of the molecule is Cc1ccc(CN(CCc2c[nH]c3ccccc23)C(=O)CN(C(=O)C(C)(C)C)C(C)C)cc1. The molecule has 0 atom stereocenters. The normalized spacial score (nSPS) is 11.7. The van der Waals surface area contributed by atoms with Gasteiger partial charge in [0.2, 0.25) is 11.8 Å². The van der Waals surface area contributed by atoms with Crippen molar-refractivity contribution >= 4 is 22.7 Å². The third-order valence-electron chi connectivity index (χ3n) is 6.00. The number of hydrogen-bond acceptors (Lipinski definition) is 2. The minimum Gasteiger partial charge on any atom is -0.361 e. The Morgan fingerprint density at radius 1 is 1.00 bits per heavy atom. The Morgan fingerprint density at radius 2 is 1.67 bits per heavy atom. The number of nitrogens with one attached hydrogen (secondary N) is 1. The molecule has 0 aliphatic rings. The molecule has 0 saturated heterocycles. The largest absolute Gasteiger partial charge is 0.361 e. The van der Waals surface area contributed by atoms with E-state index in [1.807, 2.05) is 57.8 Å². The maximum atomic E-state index is 13.5. The Morgan fingerprint density at radius 3 is 2.30 bits per heavy atom. The van der Waals surface area contributed by atoms with Gasteiger partial charge in [0.25, 0.3) is 0 Å². The average Bonchev–Trinajstić information content (AvgIpc) is 3.18. The summed E-state index contributed by atoms with van der Waals surface area (Å²) < 4.78 is 0. The maximum Gasteiger partial charge on any atom is 0.242 e. The molecule has 3 aromatic rings. The molecule has 5 nitrogen and oxygen atoms in total. The number of para-hydroxylation sites is 1. The van der Waals surface area contributed by atoms with Crippen molar-refractivity contribution in [3.8, 4) is 0 Å². The molecule has 0 unspecified atom stereocenters. The minimum absolute atomic E-state index is 0.00207. The van der Waals surface area contributed by atoms with Crippen molar-refractivity contribution < 1.29 is 9.59 Å². The molecule has 0 spiro atoms. The quantitative estimate of drug-likeness (QED) is 0.507. The number of aromatic nitrogens is 1. The van der Waals surface area contributed by atoms with Crippen LogP contribution in [-0.4, -0.2) is 45.7 Å². The molecule has 1 N–H and O–H groups in total. The fourth-order valence-corrected chi connectivity index (χ4v) is 3.97. The Bertz CT molecular complexity index is 1090. The van der Waals surface area contributed by atoms with E-state index in [1.54, 1.807) is 4.90 Å². The molecular weight excluding hydrogens is 410 g/mol. The van der Waals surface area contributed by atoms with Gasteiger partial charge < -0.3 is 14.8 Å². The zero-order chi connectivity index (χ0) is 24.2. The third kappa shape index (κ3) is 6.25. The van der Waals surface area contributed by atoms with Crippen LogP contribution < -0.4 is 0 Å². The lowest BCUT2D eigenvalue weighted by molar-refractivity contribution is -0.147. The van der Waals surface area contributed by atoms with Crippen LogP contribution in [0.2, 0.25) is 0 Å². The summed E-state index contributed by atoms with van der Waals surface area (Å²) in [4.78, 5) is 33.4. The van der Waals surface area contributed by atoms with E-state index in [0.29, 0.717) is 13.1 Å². The van der Waals surface area contributed by atoms with Crippen molar-refractivity contribution in [3.05, 3.63) is 71.4 Å². The summed E-state index contributed by atoms with van der Waals surface area (Å²) in [7, 11) is 0. The molecule has 0 fully saturated rings. The fourth-order valence-electron chi connectivity index (χ4n) is 3.97. The van der Waals surface area contributed by atoms with E-state index in [-0.39, 0.29) is 24.4 Å². The summed E-state index contributed by atoms with van der Waals surface area (Å²) in [5.74, 6) is -0.0283. The third-order valence-corrected chi connectivity index (χ3v) is 6.00. The average molecular weight is 448 g/mol. The van der Waals surface area contributed by atoms with Gasteiger partial charge in [-0.05, 0) is 44.4 Å². The highest BCUT2D eigenvalue weighted by Crippen LogP contribution is 2.21. The van der Waals surface area contributed by atoms with Crippen LogP contribution in [0.3, 0.4) is 0 Å². The van der Waals surface area contributed by atoms with Gasteiger partial charge in [0.15, 0.2) is 0 Å². The minimum atomic E-state index is -0.531. The number of hydrogen-bond donors (Lipinski definition) is 1. The summed E-state index contributed by atoms with van der Waals surface area (Å²) >= 11 is 0. The second-order valence-corrected chi connectivity index (χ2v) is 10.2. The first-order valence-corrected chi connectivity index (χ1v) is 11.8. The van der Waals surface area contributed by atoms with E-state index >= 15 is 0 Å². The molecule has 2 amide bonds. The maximum absolute atomic E-state index is 13.5. The Hall–Kier alpha value is -3.08. The number of amides is 2. The second kappa shape index (κ2) is 10.2. The van der Waals surface area contributed by atoms with Crippen LogP contribution in [0, 0.1) is 12.3 Å². The predicted molar refractivity (Wildman–Crippen MR) is 135 cm³/mol. The number of H-pyrrole nitrogens is 1. The van der Waals surface area contributed by atoms with E-state index in [1.165, 1.54) is 16.5 Å². The summed E-state index contributed by atoms with van der Waals surface area (Å²) in [6, 6.07) is 16.5. The number of rotatable bonds is 8. The molecule has 0 saturated carbocycles. The van der Waals surface area contributed by atoms with E-state index in [4.69, 9.17) is 0 Å².